The Morgan fingerprint density at radius 3 is 2.42 bits per heavy atom. The van der Waals surface area contributed by atoms with Crippen LogP contribution >= 0.6 is 34.8 Å². The lowest BCUT2D eigenvalue weighted by Gasteiger charge is -2.21. The van der Waals surface area contributed by atoms with E-state index in [4.69, 9.17) is 39.5 Å². The maximum absolute atomic E-state index is 10.5. The number of benzene rings is 1. The monoisotopic (exact) mass is 325 g/mol. The van der Waals surface area contributed by atoms with E-state index in [-0.39, 0.29) is 0 Å². The molecule has 0 aromatic heterocycles. The molecule has 1 atom stereocenters. The fourth-order valence-electron chi connectivity index (χ4n) is 1.53. The van der Waals surface area contributed by atoms with Crippen molar-refractivity contribution >= 4 is 34.8 Å². The van der Waals surface area contributed by atoms with Crippen LogP contribution in [0.4, 0.5) is 0 Å². The highest BCUT2D eigenvalue weighted by Crippen LogP contribution is 2.32. The van der Waals surface area contributed by atoms with Gasteiger partial charge in [-0.25, -0.2) is 0 Å². The third-order valence-corrected chi connectivity index (χ3v) is 3.18. The Morgan fingerprint density at radius 1 is 1.26 bits per heavy atom. The van der Waals surface area contributed by atoms with Gasteiger partial charge < -0.3 is 4.74 Å². The zero-order valence-corrected chi connectivity index (χ0v) is 12.4. The summed E-state index contributed by atoms with van der Waals surface area (Å²) in [6.07, 6.45) is 0.480. The van der Waals surface area contributed by atoms with Gasteiger partial charge in [0.05, 0.1) is 0 Å². The smallest absolute Gasteiger partial charge is 0.233 e. The van der Waals surface area contributed by atoms with Gasteiger partial charge in [0.25, 0.3) is 0 Å². The molecular formula is C12H14Cl3NO3. The van der Waals surface area contributed by atoms with Crippen molar-refractivity contribution in [3.8, 4) is 0 Å². The fraction of sp³-hybridized carbons (Fsp3) is 0.500. The number of hydrogen-bond donors (Lipinski definition) is 0. The second-order valence-corrected chi connectivity index (χ2v) is 6.37. The molecule has 1 unspecified atom stereocenters. The summed E-state index contributed by atoms with van der Waals surface area (Å²) in [5, 5.41) is 10.5. The molecule has 0 N–H and O–H groups in total. The molecule has 7 heteroatoms. The molecule has 1 aromatic rings. The molecule has 0 aliphatic heterocycles. The first kappa shape index (κ1) is 16.5. The molecule has 0 bridgehead atoms. The molecule has 0 heterocycles. The maximum atomic E-state index is 10.5. The van der Waals surface area contributed by atoms with Gasteiger partial charge in [0.2, 0.25) is 10.3 Å². The van der Waals surface area contributed by atoms with Gasteiger partial charge in [0.1, 0.15) is 0 Å². The molecule has 0 fully saturated rings. The molecule has 0 radical (unpaired) electrons. The molecule has 0 aliphatic rings. The van der Waals surface area contributed by atoms with Crippen molar-refractivity contribution < 1.29 is 9.66 Å². The van der Waals surface area contributed by atoms with E-state index in [9.17, 15) is 10.1 Å². The lowest BCUT2D eigenvalue weighted by Crippen LogP contribution is -2.36. The predicted octanol–water partition coefficient (Wildman–Crippen LogP) is 3.65. The Hall–Kier alpha value is -0.550. The van der Waals surface area contributed by atoms with Crippen molar-refractivity contribution in [3.63, 3.8) is 0 Å². The number of alkyl halides is 3. The van der Waals surface area contributed by atoms with Gasteiger partial charge in [-0.3, -0.25) is 10.1 Å². The van der Waals surface area contributed by atoms with Crippen LogP contribution in [0, 0.1) is 10.1 Å². The molecule has 19 heavy (non-hydrogen) atoms. The van der Waals surface area contributed by atoms with Gasteiger partial charge >= 0.3 is 0 Å². The lowest BCUT2D eigenvalue weighted by molar-refractivity contribution is -0.491. The zero-order valence-electron chi connectivity index (χ0n) is 10.1. The Morgan fingerprint density at radius 2 is 1.89 bits per heavy atom. The normalized spacial score (nSPS) is 13.2. The molecular weight excluding hydrogens is 312 g/mol. The van der Waals surface area contributed by atoms with Crippen LogP contribution in [0.1, 0.15) is 12.0 Å². The number of nitro groups is 1. The van der Waals surface area contributed by atoms with Gasteiger partial charge in [-0.15, -0.1) is 0 Å². The SMILES string of the molecule is O=[N+]([O-])CC(OCCCc1ccccc1)C(Cl)(Cl)Cl. The average molecular weight is 327 g/mol. The molecule has 1 aromatic carbocycles. The standard InChI is InChI=1S/C12H14Cl3NO3/c13-12(14,15)11(9-16(17)18)19-8-4-7-10-5-2-1-3-6-10/h1-3,5-6,11H,4,7-9H2. The Kier molecular flexibility index (Phi) is 6.86. The van der Waals surface area contributed by atoms with Crippen LogP contribution in [0.3, 0.4) is 0 Å². The second kappa shape index (κ2) is 7.90. The van der Waals surface area contributed by atoms with E-state index in [2.05, 4.69) is 0 Å². The fourth-order valence-corrected chi connectivity index (χ4v) is 1.93. The van der Waals surface area contributed by atoms with Crippen molar-refractivity contribution in [2.75, 3.05) is 13.2 Å². The molecule has 1 rings (SSSR count). The maximum Gasteiger partial charge on any atom is 0.233 e. The summed E-state index contributed by atoms with van der Waals surface area (Å²) in [6, 6.07) is 9.85. The number of nitrogens with zero attached hydrogens (tertiary/aromatic N) is 1. The first-order valence-corrected chi connectivity index (χ1v) is 6.87. The van der Waals surface area contributed by atoms with Gasteiger partial charge in [-0.1, -0.05) is 65.1 Å². The molecule has 0 aliphatic carbocycles. The topological polar surface area (TPSA) is 52.4 Å². The zero-order chi connectivity index (χ0) is 14.3. The molecule has 0 amide bonds. The summed E-state index contributed by atoms with van der Waals surface area (Å²) in [4.78, 5) is 9.91. The van der Waals surface area contributed by atoms with Gasteiger partial charge in [-0.2, -0.15) is 0 Å². The van der Waals surface area contributed by atoms with Crippen molar-refractivity contribution in [3.05, 3.63) is 46.0 Å². The quantitative estimate of drug-likeness (QED) is 0.332. The third-order valence-electron chi connectivity index (χ3n) is 2.45. The minimum Gasteiger partial charge on any atom is -0.367 e. The van der Waals surface area contributed by atoms with Crippen LogP contribution in [0.25, 0.3) is 0 Å². The summed E-state index contributed by atoms with van der Waals surface area (Å²) in [7, 11) is 0. The molecule has 0 saturated carbocycles. The number of halogens is 3. The summed E-state index contributed by atoms with van der Waals surface area (Å²) >= 11 is 16.9. The minimum atomic E-state index is -1.79. The van der Waals surface area contributed by atoms with Crippen molar-refractivity contribution in [1.82, 2.24) is 0 Å². The number of rotatable bonds is 7. The summed E-state index contributed by atoms with van der Waals surface area (Å²) in [6.45, 7) is -0.219. The van der Waals surface area contributed by atoms with Crippen LogP contribution < -0.4 is 0 Å². The number of aryl methyl sites for hydroxylation is 1. The second-order valence-electron chi connectivity index (χ2n) is 4.01. The Labute approximate surface area is 126 Å². The predicted molar refractivity (Wildman–Crippen MR) is 76.7 cm³/mol. The van der Waals surface area contributed by atoms with Gasteiger partial charge in [0.15, 0.2) is 6.10 Å². The molecule has 0 saturated heterocycles. The summed E-state index contributed by atoms with van der Waals surface area (Å²) in [5.41, 5.74) is 1.17. The third kappa shape index (κ3) is 6.97. The van der Waals surface area contributed by atoms with E-state index in [0.29, 0.717) is 13.0 Å². The van der Waals surface area contributed by atoms with E-state index in [0.717, 1.165) is 6.42 Å². The highest BCUT2D eigenvalue weighted by molar-refractivity contribution is 6.68. The largest absolute Gasteiger partial charge is 0.367 e. The van der Waals surface area contributed by atoms with Crippen LogP contribution in [0.5, 0.6) is 0 Å². The van der Waals surface area contributed by atoms with Crippen LogP contribution in [-0.2, 0) is 11.2 Å². The number of hydrogen-bond acceptors (Lipinski definition) is 3. The van der Waals surface area contributed by atoms with Gasteiger partial charge in [0, 0.05) is 11.5 Å². The van der Waals surface area contributed by atoms with Gasteiger partial charge in [-0.05, 0) is 18.4 Å². The number of ether oxygens (including phenoxy) is 1. The van der Waals surface area contributed by atoms with Crippen molar-refractivity contribution in [2.45, 2.75) is 22.7 Å². The van der Waals surface area contributed by atoms with Crippen molar-refractivity contribution in [1.29, 1.82) is 0 Å². The Bertz CT molecular complexity index is 395. The summed E-state index contributed by atoms with van der Waals surface area (Å²) in [5.74, 6) is 0. The van der Waals surface area contributed by atoms with Crippen molar-refractivity contribution in [2.24, 2.45) is 0 Å². The van der Waals surface area contributed by atoms with E-state index < -0.39 is 21.4 Å². The first-order chi connectivity index (χ1) is 8.89. The Balaban J connectivity index is 2.34. The van der Waals surface area contributed by atoms with Crippen LogP contribution in [-0.4, -0.2) is 28.0 Å². The van der Waals surface area contributed by atoms with E-state index in [1.54, 1.807) is 0 Å². The molecule has 4 nitrogen and oxygen atoms in total. The average Bonchev–Trinajstić information content (AvgIpc) is 2.32. The molecule has 0 spiro atoms. The highest BCUT2D eigenvalue weighted by Gasteiger charge is 2.37. The summed E-state index contributed by atoms with van der Waals surface area (Å²) < 4.78 is 3.51. The molecule has 106 valence electrons. The first-order valence-electron chi connectivity index (χ1n) is 5.73. The minimum absolute atomic E-state index is 0.307. The van der Waals surface area contributed by atoms with E-state index >= 15 is 0 Å². The van der Waals surface area contributed by atoms with E-state index in [1.165, 1.54) is 5.56 Å². The van der Waals surface area contributed by atoms with E-state index in [1.807, 2.05) is 30.3 Å². The lowest BCUT2D eigenvalue weighted by atomic mass is 10.1. The van der Waals surface area contributed by atoms with Crippen LogP contribution in [0.15, 0.2) is 30.3 Å². The highest BCUT2D eigenvalue weighted by atomic mass is 35.6. The van der Waals surface area contributed by atoms with Crippen LogP contribution in [0.2, 0.25) is 0 Å².